The quantitative estimate of drug-likeness (QED) is 0.587. The number of alkyl halides is 3. The van der Waals surface area contributed by atoms with Crippen LogP contribution >= 0.6 is 0 Å². The fraction of sp³-hybridized carbons (Fsp3) is 0.435. The van der Waals surface area contributed by atoms with Crippen molar-refractivity contribution in [2.75, 3.05) is 12.4 Å². The second-order valence-corrected chi connectivity index (χ2v) is 8.80. The minimum atomic E-state index is -4.87. The van der Waals surface area contributed by atoms with Gasteiger partial charge in [-0.2, -0.15) is 17.6 Å². The van der Waals surface area contributed by atoms with Gasteiger partial charge in [-0.15, -0.1) is 0 Å². The van der Waals surface area contributed by atoms with E-state index in [2.05, 4.69) is 10.3 Å². The van der Waals surface area contributed by atoms with E-state index in [1.54, 1.807) is 0 Å². The lowest BCUT2D eigenvalue weighted by Gasteiger charge is -2.34. The van der Waals surface area contributed by atoms with Gasteiger partial charge in [0.15, 0.2) is 17.2 Å². The summed E-state index contributed by atoms with van der Waals surface area (Å²) < 4.78 is 81.9. The van der Waals surface area contributed by atoms with Crippen LogP contribution in [0.2, 0.25) is 0 Å². The van der Waals surface area contributed by atoms with Crippen molar-refractivity contribution < 1.29 is 41.0 Å². The van der Waals surface area contributed by atoms with Gasteiger partial charge in [0, 0.05) is 29.3 Å². The maximum atomic E-state index is 14.6. The number of nitrogens with zero attached hydrogens (tertiary/aromatic N) is 1. The van der Waals surface area contributed by atoms with E-state index in [1.165, 1.54) is 12.3 Å². The van der Waals surface area contributed by atoms with Gasteiger partial charge >= 0.3 is 6.18 Å². The Bertz CT molecular complexity index is 1170. The molecule has 4 atom stereocenters. The first-order valence-electron chi connectivity index (χ1n) is 10.7. The molecule has 12 heteroatoms. The fourth-order valence-corrected chi connectivity index (χ4v) is 4.85. The zero-order valence-corrected chi connectivity index (χ0v) is 18.7. The first-order chi connectivity index (χ1) is 16.4. The van der Waals surface area contributed by atoms with E-state index in [0.717, 1.165) is 32.2 Å². The van der Waals surface area contributed by atoms with Gasteiger partial charge in [-0.1, -0.05) is 6.07 Å². The third-order valence-corrected chi connectivity index (χ3v) is 6.60. The summed E-state index contributed by atoms with van der Waals surface area (Å²) in [7, 11) is 1.06. The maximum absolute atomic E-state index is 14.6. The number of primary amides is 1. The van der Waals surface area contributed by atoms with Crippen LogP contribution in [0.25, 0.3) is 0 Å². The van der Waals surface area contributed by atoms with Crippen molar-refractivity contribution >= 4 is 17.5 Å². The lowest BCUT2D eigenvalue weighted by Crippen LogP contribution is -2.49. The van der Waals surface area contributed by atoms with E-state index in [0.29, 0.717) is 12.8 Å². The van der Waals surface area contributed by atoms with Crippen molar-refractivity contribution in [1.82, 2.24) is 4.98 Å². The summed E-state index contributed by atoms with van der Waals surface area (Å²) in [6.45, 7) is 0.861. The Kier molecular flexibility index (Phi) is 6.20. The number of carbonyl (C=O) groups is 2. The monoisotopic (exact) mass is 499 g/mol. The van der Waals surface area contributed by atoms with Crippen LogP contribution in [-0.4, -0.2) is 41.8 Å². The number of anilines is 1. The Morgan fingerprint density at radius 3 is 2.49 bits per heavy atom. The van der Waals surface area contributed by atoms with Crippen molar-refractivity contribution in [2.45, 2.75) is 43.6 Å². The van der Waals surface area contributed by atoms with E-state index in [1.807, 2.05) is 0 Å². The van der Waals surface area contributed by atoms with E-state index in [9.17, 15) is 31.5 Å². The van der Waals surface area contributed by atoms with Crippen LogP contribution in [0.4, 0.5) is 27.6 Å². The molecular weight excluding hydrogens is 477 g/mol. The third-order valence-electron chi connectivity index (χ3n) is 6.60. The summed E-state index contributed by atoms with van der Waals surface area (Å²) in [6, 6.07) is 4.36. The summed E-state index contributed by atoms with van der Waals surface area (Å²) in [4.78, 5) is 28.4. The van der Waals surface area contributed by atoms with Crippen molar-refractivity contribution in [1.29, 1.82) is 0 Å². The number of halogens is 5. The SMILES string of the molecule is COc1c([C@@H]2[C@H](C(=O)Nc3ccnc(C(N)=O)c3)O[C@@](C)(C(F)(F)F)[C@H]2C2CC2)ccc(F)c1F. The van der Waals surface area contributed by atoms with E-state index >= 15 is 0 Å². The number of nitrogens with two attached hydrogens (primary N) is 1. The van der Waals surface area contributed by atoms with Crippen LogP contribution in [0.15, 0.2) is 30.5 Å². The summed E-state index contributed by atoms with van der Waals surface area (Å²) in [5, 5.41) is 2.42. The Hall–Kier alpha value is -3.28. The van der Waals surface area contributed by atoms with Crippen molar-refractivity contribution in [2.24, 2.45) is 17.6 Å². The lowest BCUT2D eigenvalue weighted by molar-refractivity contribution is -0.275. The zero-order chi connectivity index (χ0) is 25.7. The molecule has 1 aliphatic carbocycles. The molecule has 2 fully saturated rings. The number of hydrogen-bond donors (Lipinski definition) is 2. The van der Waals surface area contributed by atoms with Crippen LogP contribution in [0.3, 0.4) is 0 Å². The van der Waals surface area contributed by atoms with Crippen molar-refractivity contribution in [3.8, 4) is 5.75 Å². The molecule has 0 radical (unpaired) electrons. The second-order valence-electron chi connectivity index (χ2n) is 8.80. The molecule has 1 aromatic carbocycles. The van der Waals surface area contributed by atoms with Crippen LogP contribution in [0, 0.1) is 23.5 Å². The molecule has 0 spiro atoms. The molecule has 1 saturated heterocycles. The molecule has 1 aliphatic heterocycles. The number of hydrogen-bond acceptors (Lipinski definition) is 5. The minimum Gasteiger partial charge on any atom is -0.493 e. The molecule has 4 rings (SSSR count). The molecule has 2 amide bonds. The molecule has 0 bridgehead atoms. The highest BCUT2D eigenvalue weighted by Gasteiger charge is 2.70. The molecule has 3 N–H and O–H groups in total. The standard InChI is InChI=1S/C23H22F5N3O4/c1-22(23(26,27)28)16(10-3-4-10)15(12-5-6-13(24)17(25)18(12)34-2)19(35-22)21(33)31-11-7-8-30-14(9-11)20(29)32/h5-10,15-16,19H,3-4H2,1-2H3,(H2,29,32)(H,30,31,33)/t15-,16-,19+,22+/m0/s1. The van der Waals surface area contributed by atoms with Crippen molar-refractivity contribution in [3.63, 3.8) is 0 Å². The fourth-order valence-electron chi connectivity index (χ4n) is 4.85. The molecule has 2 aliphatic rings. The minimum absolute atomic E-state index is 0.0435. The van der Waals surface area contributed by atoms with Gasteiger partial charge in [-0.25, -0.2) is 4.39 Å². The summed E-state index contributed by atoms with van der Waals surface area (Å²) in [5.41, 5.74) is 2.21. The van der Waals surface area contributed by atoms with Gasteiger partial charge in [0.1, 0.15) is 11.8 Å². The molecule has 35 heavy (non-hydrogen) atoms. The Labute approximate surface area is 196 Å². The number of ether oxygens (including phenoxy) is 2. The van der Waals surface area contributed by atoms with Gasteiger partial charge in [-0.05, 0) is 43.9 Å². The smallest absolute Gasteiger partial charge is 0.417 e. The normalized spacial score (nSPS) is 26.4. The number of aromatic nitrogens is 1. The molecule has 188 valence electrons. The average molecular weight is 499 g/mol. The number of nitrogens with one attached hydrogen (secondary N) is 1. The van der Waals surface area contributed by atoms with Gasteiger partial charge in [0.2, 0.25) is 5.82 Å². The topological polar surface area (TPSA) is 104 Å². The second kappa shape index (κ2) is 8.74. The first kappa shape index (κ1) is 24.8. The third kappa shape index (κ3) is 4.30. The van der Waals surface area contributed by atoms with Crippen LogP contribution in [0.5, 0.6) is 5.75 Å². The number of methoxy groups -OCH3 is 1. The van der Waals surface area contributed by atoms with E-state index < -0.39 is 64.8 Å². The summed E-state index contributed by atoms with van der Waals surface area (Å²) >= 11 is 0. The van der Waals surface area contributed by atoms with Crippen LogP contribution in [0.1, 0.15) is 41.7 Å². The maximum Gasteiger partial charge on any atom is 0.417 e. The molecule has 7 nitrogen and oxygen atoms in total. The number of pyridine rings is 1. The van der Waals surface area contributed by atoms with Gasteiger partial charge < -0.3 is 20.5 Å². The number of carbonyl (C=O) groups excluding carboxylic acids is 2. The van der Waals surface area contributed by atoms with Gasteiger partial charge in [0.05, 0.1) is 7.11 Å². The first-order valence-corrected chi connectivity index (χ1v) is 10.7. The Morgan fingerprint density at radius 2 is 1.91 bits per heavy atom. The number of benzene rings is 1. The average Bonchev–Trinajstić information content (AvgIpc) is 3.57. The highest BCUT2D eigenvalue weighted by molar-refractivity contribution is 5.97. The summed E-state index contributed by atoms with van der Waals surface area (Å²) in [5.74, 6) is -8.09. The molecule has 1 saturated carbocycles. The number of amides is 2. The van der Waals surface area contributed by atoms with Gasteiger partial charge in [0.25, 0.3) is 11.8 Å². The Balaban J connectivity index is 1.81. The highest BCUT2D eigenvalue weighted by atomic mass is 19.4. The van der Waals surface area contributed by atoms with Crippen LogP contribution in [-0.2, 0) is 9.53 Å². The molecular formula is C23H22F5N3O4. The molecule has 2 aromatic rings. The predicted octanol–water partition coefficient (Wildman–Crippen LogP) is 3.94. The largest absolute Gasteiger partial charge is 0.493 e. The Morgan fingerprint density at radius 1 is 1.23 bits per heavy atom. The van der Waals surface area contributed by atoms with Crippen molar-refractivity contribution in [3.05, 3.63) is 53.4 Å². The molecule has 2 heterocycles. The summed E-state index contributed by atoms with van der Waals surface area (Å²) in [6.07, 6.45) is -4.49. The highest BCUT2D eigenvalue weighted by Crippen LogP contribution is 2.62. The van der Waals surface area contributed by atoms with E-state index in [4.69, 9.17) is 15.2 Å². The zero-order valence-electron chi connectivity index (χ0n) is 18.7. The van der Waals surface area contributed by atoms with Gasteiger partial charge in [-0.3, -0.25) is 14.6 Å². The lowest BCUT2D eigenvalue weighted by atomic mass is 9.73. The van der Waals surface area contributed by atoms with E-state index in [-0.39, 0.29) is 16.9 Å². The molecule has 1 aromatic heterocycles. The van der Waals surface area contributed by atoms with Crippen LogP contribution < -0.4 is 15.8 Å². The number of rotatable bonds is 6. The molecule has 0 unspecified atom stereocenters. The predicted molar refractivity (Wildman–Crippen MR) is 113 cm³/mol.